The van der Waals surface area contributed by atoms with Crippen molar-refractivity contribution in [2.75, 3.05) is 12.4 Å². The van der Waals surface area contributed by atoms with Crippen LogP contribution in [0.15, 0.2) is 46.9 Å². The molecule has 0 radical (unpaired) electrons. The first-order valence-electron chi connectivity index (χ1n) is 9.51. The third kappa shape index (κ3) is 9.99. The second kappa shape index (κ2) is 15.5. The van der Waals surface area contributed by atoms with Crippen LogP contribution in [0.25, 0.3) is 0 Å². The van der Waals surface area contributed by atoms with Gasteiger partial charge >= 0.3 is 65.1 Å². The van der Waals surface area contributed by atoms with Gasteiger partial charge in [-0.05, 0) is 36.8 Å². The summed E-state index contributed by atoms with van der Waals surface area (Å²) in [6.45, 7) is 3.97. The van der Waals surface area contributed by atoms with Crippen LogP contribution in [0.3, 0.4) is 0 Å². The van der Waals surface area contributed by atoms with Crippen LogP contribution < -0.4 is 68.9 Å². The maximum atomic E-state index is 13.8. The number of esters is 1. The van der Waals surface area contributed by atoms with E-state index < -0.39 is 24.8 Å². The molecule has 0 aromatic heterocycles. The van der Waals surface area contributed by atoms with Gasteiger partial charge in [-0.15, -0.1) is 0 Å². The Morgan fingerprint density at radius 2 is 1.91 bits per heavy atom. The predicted molar refractivity (Wildman–Crippen MR) is 120 cm³/mol. The Morgan fingerprint density at radius 1 is 1.24 bits per heavy atom. The van der Waals surface area contributed by atoms with Gasteiger partial charge in [0, 0.05) is 40.6 Å². The van der Waals surface area contributed by atoms with Crippen LogP contribution in [0.5, 0.6) is 0 Å². The molecule has 2 rings (SSSR count). The molecule has 0 N–H and O–H groups in total. The van der Waals surface area contributed by atoms with Gasteiger partial charge in [-0.3, -0.25) is 0 Å². The summed E-state index contributed by atoms with van der Waals surface area (Å²) in [7, 11) is -6.12. The van der Waals surface area contributed by atoms with Crippen LogP contribution in [0.2, 0.25) is 0 Å². The Bertz CT molecular complexity index is 1090. The van der Waals surface area contributed by atoms with Gasteiger partial charge < -0.3 is 19.1 Å². The fourth-order valence-corrected chi connectivity index (χ4v) is 4.87. The quantitative estimate of drug-likeness (QED) is 0.161. The van der Waals surface area contributed by atoms with Crippen LogP contribution in [-0.4, -0.2) is 18.3 Å². The topological polar surface area (TPSA) is 89.5 Å². The summed E-state index contributed by atoms with van der Waals surface area (Å²) in [4.78, 5) is 33.5. The Morgan fingerprint density at radius 3 is 2.50 bits per heavy atom. The van der Waals surface area contributed by atoms with Crippen LogP contribution in [0.4, 0.5) is 8.78 Å². The Hall–Kier alpha value is 0.310. The zero-order chi connectivity index (χ0) is 23.9. The molecule has 0 aliphatic heterocycles. The third-order valence-electron chi connectivity index (χ3n) is 4.17. The molecule has 0 bridgehead atoms. The van der Waals surface area contributed by atoms with E-state index in [1.807, 2.05) is 6.92 Å². The minimum Gasteiger partial charge on any atom is -0.806 e. The van der Waals surface area contributed by atoms with Crippen molar-refractivity contribution in [3.63, 3.8) is 0 Å². The number of ether oxygens (including phenoxy) is 1. The van der Waals surface area contributed by atoms with Gasteiger partial charge in [-0.25, -0.2) is 4.79 Å². The van der Waals surface area contributed by atoms with Crippen molar-refractivity contribution in [3.05, 3.63) is 69.2 Å². The molecule has 5 nitrogen and oxygen atoms in total. The summed E-state index contributed by atoms with van der Waals surface area (Å²) in [6, 6.07) is 10.6. The van der Waals surface area contributed by atoms with E-state index in [4.69, 9.17) is 4.74 Å². The summed E-state index contributed by atoms with van der Waals surface area (Å²) < 4.78 is 43.2. The van der Waals surface area contributed by atoms with Gasteiger partial charge in [0.25, 0.3) is 5.66 Å². The van der Waals surface area contributed by atoms with E-state index in [-0.39, 0.29) is 69.5 Å². The fourth-order valence-electron chi connectivity index (χ4n) is 2.58. The standard InChI is InChI=1S/C22H22BrF2O5PS.2Na/c1-3-30-21(26)18-6-4-5-16(11-18)8-7-15(2)13-32-14-17-9-10-19(20(23)12-17)22(24,25)31(27,28)29;;/h4-6,9-12,15H,3,13-14H2,1-2H3,(H2,27,28,29);;/q;2*+1/p-2. The van der Waals surface area contributed by atoms with Crippen molar-refractivity contribution >= 4 is 41.3 Å². The summed E-state index contributed by atoms with van der Waals surface area (Å²) in [5, 5.41) is 0. The number of thioether (sulfide) groups is 1. The van der Waals surface area contributed by atoms with Crippen LogP contribution in [-0.2, 0) is 20.7 Å². The van der Waals surface area contributed by atoms with Crippen LogP contribution in [0.1, 0.15) is 40.9 Å². The zero-order valence-corrected chi connectivity index (χ0v) is 26.6. The zero-order valence-electron chi connectivity index (χ0n) is 19.3. The minimum atomic E-state index is -6.12. The summed E-state index contributed by atoms with van der Waals surface area (Å²) in [6.07, 6.45) is 0. The molecule has 0 spiro atoms. The molecule has 0 aliphatic carbocycles. The third-order valence-corrected chi connectivity index (χ3v) is 7.03. The molecule has 0 saturated heterocycles. The molecule has 1 unspecified atom stereocenters. The molecule has 1 atom stereocenters. The van der Waals surface area contributed by atoms with E-state index in [2.05, 4.69) is 27.8 Å². The van der Waals surface area contributed by atoms with Gasteiger partial charge in [0.15, 0.2) is 0 Å². The van der Waals surface area contributed by atoms with Crippen molar-refractivity contribution in [2.45, 2.75) is 25.3 Å². The van der Waals surface area contributed by atoms with Crippen molar-refractivity contribution in [1.82, 2.24) is 0 Å². The molecular formula is C22H20BrF2Na2O5PS. The molecule has 34 heavy (non-hydrogen) atoms. The van der Waals surface area contributed by atoms with Gasteiger partial charge in [-0.2, -0.15) is 20.5 Å². The second-order valence-corrected chi connectivity index (χ2v) is 10.3. The number of carbonyl (C=O) groups is 1. The number of benzene rings is 2. The molecule has 172 valence electrons. The first-order valence-corrected chi connectivity index (χ1v) is 13.0. The maximum absolute atomic E-state index is 13.8. The number of carbonyl (C=O) groups excluding carboxylic acids is 1. The van der Waals surface area contributed by atoms with Crippen LogP contribution >= 0.6 is 35.3 Å². The number of rotatable bonds is 8. The van der Waals surface area contributed by atoms with Gasteiger partial charge in [0.05, 0.1) is 12.2 Å². The number of halogens is 3. The molecule has 0 saturated carbocycles. The number of hydrogen-bond donors (Lipinski definition) is 0. The average Bonchev–Trinajstić information content (AvgIpc) is 2.71. The van der Waals surface area contributed by atoms with Crippen molar-refractivity contribution < 1.29 is 91.8 Å². The fraction of sp³-hybridized carbons (Fsp3) is 0.318. The van der Waals surface area contributed by atoms with E-state index in [0.29, 0.717) is 34.8 Å². The summed E-state index contributed by atoms with van der Waals surface area (Å²) in [5.74, 6) is 6.91. The van der Waals surface area contributed by atoms with Crippen LogP contribution in [0, 0.1) is 17.8 Å². The Labute approximate surface area is 255 Å². The van der Waals surface area contributed by atoms with Gasteiger partial charge in [-0.1, -0.05) is 52.9 Å². The molecule has 0 amide bonds. The van der Waals surface area contributed by atoms with Gasteiger partial charge in [0.1, 0.15) is 0 Å². The second-order valence-electron chi connectivity index (χ2n) is 6.84. The van der Waals surface area contributed by atoms with E-state index in [1.54, 1.807) is 31.2 Å². The minimum absolute atomic E-state index is 0. The first-order chi connectivity index (χ1) is 15.0. The van der Waals surface area contributed by atoms with E-state index in [1.165, 1.54) is 23.9 Å². The summed E-state index contributed by atoms with van der Waals surface area (Å²) in [5.41, 5.74) is -3.53. The van der Waals surface area contributed by atoms with E-state index in [0.717, 1.165) is 6.07 Å². The van der Waals surface area contributed by atoms with Crippen molar-refractivity contribution in [3.8, 4) is 11.8 Å². The molecule has 0 heterocycles. The number of alkyl halides is 2. The van der Waals surface area contributed by atoms with Gasteiger partial charge in [0.2, 0.25) is 0 Å². The van der Waals surface area contributed by atoms with E-state index in [9.17, 15) is 27.9 Å². The molecule has 2 aromatic carbocycles. The Balaban J connectivity index is 0.00000544. The van der Waals surface area contributed by atoms with E-state index >= 15 is 0 Å². The van der Waals surface area contributed by atoms with Crippen molar-refractivity contribution in [1.29, 1.82) is 0 Å². The normalized spacial score (nSPS) is 11.9. The molecule has 0 fully saturated rings. The first kappa shape index (κ1) is 34.3. The van der Waals surface area contributed by atoms with Crippen molar-refractivity contribution in [2.24, 2.45) is 5.92 Å². The number of hydrogen-bond acceptors (Lipinski definition) is 6. The smallest absolute Gasteiger partial charge is 0.806 e. The molecule has 0 aliphatic rings. The average molecular weight is 591 g/mol. The Kier molecular flexibility index (Phi) is 15.7. The molecular weight excluding hydrogens is 571 g/mol. The SMILES string of the molecule is CCOC(=O)c1cccc(C#CC(C)CSCc2ccc(C(F)(F)P(=O)([O-])[O-])c(Br)c2)c1.[Na+].[Na+]. The maximum Gasteiger partial charge on any atom is 1.00 e. The predicted octanol–water partition coefficient (Wildman–Crippen LogP) is -1.48. The molecule has 12 heteroatoms. The largest absolute Gasteiger partial charge is 1.00 e. The molecule has 2 aromatic rings. The monoisotopic (exact) mass is 590 g/mol. The summed E-state index contributed by atoms with van der Waals surface area (Å²) >= 11 is 4.46.